The zero-order valence-electron chi connectivity index (χ0n) is 18.8. The van der Waals surface area contributed by atoms with Gasteiger partial charge < -0.3 is 15.2 Å². The Morgan fingerprint density at radius 1 is 1.09 bits per heavy atom. The van der Waals surface area contributed by atoms with Crippen molar-refractivity contribution in [2.24, 2.45) is 0 Å². The summed E-state index contributed by atoms with van der Waals surface area (Å²) in [7, 11) is 0. The minimum Gasteiger partial charge on any atom is -0.492 e. The molecule has 0 unspecified atom stereocenters. The van der Waals surface area contributed by atoms with E-state index in [4.69, 9.17) is 9.84 Å². The predicted octanol–water partition coefficient (Wildman–Crippen LogP) is 3.14. The van der Waals surface area contributed by atoms with E-state index in [1.54, 1.807) is 41.4 Å². The molecule has 178 valence electrons. The maximum Gasteiger partial charge on any atom is 0.266 e. The number of nitrogens with zero attached hydrogens (tertiary/aromatic N) is 5. The molecule has 0 fully saturated rings. The number of nitrogens with one attached hydrogen (secondary N) is 1. The SMILES string of the molecule is O=c1ccc(-n2ccc3ccc(F)cc32)nn1CCNc1ccnc2cc(OCCCO)cnc12. The molecule has 0 aliphatic rings. The Hall–Kier alpha value is -4.31. The number of aromatic nitrogens is 5. The number of pyridine rings is 2. The summed E-state index contributed by atoms with van der Waals surface area (Å²) < 4.78 is 22.5. The van der Waals surface area contributed by atoms with Gasteiger partial charge in [-0.1, -0.05) is 0 Å². The van der Waals surface area contributed by atoms with Crippen LogP contribution in [0.25, 0.3) is 27.8 Å². The van der Waals surface area contributed by atoms with Gasteiger partial charge in [0.05, 0.1) is 36.1 Å². The molecular formula is C25H23FN6O3. The zero-order chi connectivity index (χ0) is 24.2. The molecule has 0 saturated heterocycles. The number of fused-ring (bicyclic) bond motifs is 2. The molecule has 1 aromatic carbocycles. The van der Waals surface area contributed by atoms with Crippen LogP contribution in [0.3, 0.4) is 0 Å². The Labute approximate surface area is 199 Å². The second-order valence-corrected chi connectivity index (χ2v) is 7.89. The first-order valence-electron chi connectivity index (χ1n) is 11.2. The van der Waals surface area contributed by atoms with Gasteiger partial charge in [-0.15, -0.1) is 0 Å². The van der Waals surface area contributed by atoms with E-state index >= 15 is 0 Å². The maximum atomic E-state index is 13.8. The fourth-order valence-corrected chi connectivity index (χ4v) is 3.81. The van der Waals surface area contributed by atoms with Crippen molar-refractivity contribution in [1.82, 2.24) is 24.3 Å². The van der Waals surface area contributed by atoms with Crippen LogP contribution >= 0.6 is 0 Å². The lowest BCUT2D eigenvalue weighted by Crippen LogP contribution is -2.26. The van der Waals surface area contributed by atoms with Crippen LogP contribution in [0.1, 0.15) is 6.42 Å². The monoisotopic (exact) mass is 474 g/mol. The third-order valence-electron chi connectivity index (χ3n) is 5.52. The summed E-state index contributed by atoms with van der Waals surface area (Å²) in [5.74, 6) is 0.771. The van der Waals surface area contributed by atoms with Gasteiger partial charge in [0.2, 0.25) is 0 Å². The number of hydrogen-bond acceptors (Lipinski definition) is 7. The Kier molecular flexibility index (Phi) is 6.36. The van der Waals surface area contributed by atoms with Crippen molar-refractivity contribution in [3.8, 4) is 11.6 Å². The lowest BCUT2D eigenvalue weighted by Gasteiger charge is -2.12. The van der Waals surface area contributed by atoms with Crippen LogP contribution in [0.4, 0.5) is 10.1 Å². The molecule has 0 atom stereocenters. The summed E-state index contributed by atoms with van der Waals surface area (Å²) in [6, 6.07) is 13.1. The highest BCUT2D eigenvalue weighted by atomic mass is 19.1. The van der Waals surface area contributed by atoms with Gasteiger partial charge in [0.25, 0.3) is 5.56 Å². The first-order valence-corrected chi connectivity index (χ1v) is 11.2. The smallest absolute Gasteiger partial charge is 0.266 e. The van der Waals surface area contributed by atoms with Crippen LogP contribution < -0.4 is 15.6 Å². The molecule has 9 nitrogen and oxygen atoms in total. The maximum absolute atomic E-state index is 13.8. The van der Waals surface area contributed by atoms with Gasteiger partial charge in [0.1, 0.15) is 17.1 Å². The highest BCUT2D eigenvalue weighted by Gasteiger charge is 2.09. The third kappa shape index (κ3) is 4.82. The molecule has 0 radical (unpaired) electrons. The molecule has 5 rings (SSSR count). The molecule has 5 aromatic rings. The first-order chi connectivity index (χ1) is 17.1. The van der Waals surface area contributed by atoms with E-state index in [0.717, 1.165) is 11.1 Å². The highest BCUT2D eigenvalue weighted by Crippen LogP contribution is 2.23. The zero-order valence-corrected chi connectivity index (χ0v) is 18.8. The number of halogens is 1. The summed E-state index contributed by atoms with van der Waals surface area (Å²) in [6.45, 7) is 1.20. The van der Waals surface area contributed by atoms with Crippen LogP contribution in [0.2, 0.25) is 0 Å². The van der Waals surface area contributed by atoms with Gasteiger partial charge in [0, 0.05) is 49.5 Å². The highest BCUT2D eigenvalue weighted by molar-refractivity contribution is 5.87. The number of rotatable bonds is 9. The van der Waals surface area contributed by atoms with Crippen molar-refractivity contribution in [2.45, 2.75) is 13.0 Å². The largest absolute Gasteiger partial charge is 0.492 e. The van der Waals surface area contributed by atoms with Crippen molar-refractivity contribution in [2.75, 3.05) is 25.1 Å². The Morgan fingerprint density at radius 2 is 2.00 bits per heavy atom. The molecular weight excluding hydrogens is 451 g/mol. The molecule has 0 saturated carbocycles. The second kappa shape index (κ2) is 9.90. The number of aliphatic hydroxyl groups is 1. The number of hydrogen-bond donors (Lipinski definition) is 2. The molecule has 10 heteroatoms. The van der Waals surface area contributed by atoms with E-state index in [0.29, 0.717) is 54.2 Å². The minimum absolute atomic E-state index is 0.0642. The van der Waals surface area contributed by atoms with Gasteiger partial charge in [0.15, 0.2) is 5.82 Å². The van der Waals surface area contributed by atoms with Crippen molar-refractivity contribution < 1.29 is 14.2 Å². The summed E-state index contributed by atoms with van der Waals surface area (Å²) in [4.78, 5) is 21.2. The average molecular weight is 474 g/mol. The molecule has 0 aliphatic heterocycles. The van der Waals surface area contributed by atoms with Crippen LogP contribution in [0, 0.1) is 5.82 Å². The Morgan fingerprint density at radius 3 is 2.89 bits per heavy atom. The molecule has 2 N–H and O–H groups in total. The topological polar surface area (TPSA) is 107 Å². The molecule has 4 heterocycles. The molecule has 0 aliphatic carbocycles. The fourth-order valence-electron chi connectivity index (χ4n) is 3.81. The molecule has 0 amide bonds. The van der Waals surface area contributed by atoms with Gasteiger partial charge in [-0.05, 0) is 36.4 Å². The van der Waals surface area contributed by atoms with E-state index in [1.165, 1.54) is 22.9 Å². The average Bonchev–Trinajstić information content (AvgIpc) is 3.28. The number of anilines is 1. The molecule has 0 bridgehead atoms. The fraction of sp³-hybridized carbons (Fsp3) is 0.200. The Balaban J connectivity index is 1.32. The lowest BCUT2D eigenvalue weighted by atomic mass is 10.2. The van der Waals surface area contributed by atoms with Crippen molar-refractivity contribution in [1.29, 1.82) is 0 Å². The molecule has 35 heavy (non-hydrogen) atoms. The quantitative estimate of drug-likeness (QED) is 0.316. The summed E-state index contributed by atoms with van der Waals surface area (Å²) in [5.41, 5.74) is 2.56. The second-order valence-electron chi connectivity index (χ2n) is 7.89. The molecule has 4 aromatic heterocycles. The minimum atomic E-state index is -0.336. The van der Waals surface area contributed by atoms with E-state index in [2.05, 4.69) is 20.4 Å². The van der Waals surface area contributed by atoms with E-state index in [1.807, 2.05) is 12.1 Å². The summed E-state index contributed by atoms with van der Waals surface area (Å²) in [5, 5.41) is 17.5. The standard InChI is InChI=1S/C25H23FN6O3/c26-18-3-2-17-7-10-31(22(17)14-18)23-4-5-24(34)32(30-23)11-9-28-20-6-8-27-21-15-19(16-29-25(20)21)35-13-1-12-33/h2-8,10,14-16,33H,1,9,11-13H2,(H,27,28). The van der Waals surface area contributed by atoms with Crippen LogP contribution in [-0.2, 0) is 6.54 Å². The third-order valence-corrected chi connectivity index (χ3v) is 5.52. The van der Waals surface area contributed by atoms with E-state index in [9.17, 15) is 9.18 Å². The van der Waals surface area contributed by atoms with Crippen molar-refractivity contribution in [3.05, 3.63) is 83.3 Å². The number of ether oxygens (including phenoxy) is 1. The van der Waals surface area contributed by atoms with Gasteiger partial charge in [-0.2, -0.15) is 5.10 Å². The summed E-state index contributed by atoms with van der Waals surface area (Å²) in [6.07, 6.45) is 5.63. The van der Waals surface area contributed by atoms with Gasteiger partial charge in [-0.3, -0.25) is 14.3 Å². The van der Waals surface area contributed by atoms with Crippen LogP contribution in [0.15, 0.2) is 71.9 Å². The van der Waals surface area contributed by atoms with E-state index < -0.39 is 0 Å². The van der Waals surface area contributed by atoms with E-state index in [-0.39, 0.29) is 18.0 Å². The van der Waals surface area contributed by atoms with Crippen molar-refractivity contribution >= 4 is 27.6 Å². The van der Waals surface area contributed by atoms with Gasteiger partial charge >= 0.3 is 0 Å². The number of aliphatic hydroxyl groups excluding tert-OH is 1. The van der Waals surface area contributed by atoms with Crippen LogP contribution in [-0.4, -0.2) is 49.2 Å². The summed E-state index contributed by atoms with van der Waals surface area (Å²) >= 11 is 0. The van der Waals surface area contributed by atoms with Crippen LogP contribution in [0.5, 0.6) is 5.75 Å². The normalized spacial score (nSPS) is 11.3. The van der Waals surface area contributed by atoms with Gasteiger partial charge in [-0.25, -0.2) is 14.1 Å². The first kappa shape index (κ1) is 22.5. The number of benzene rings is 1. The van der Waals surface area contributed by atoms with Crippen molar-refractivity contribution in [3.63, 3.8) is 0 Å². The predicted molar refractivity (Wildman–Crippen MR) is 131 cm³/mol. The molecule has 0 spiro atoms. The lowest BCUT2D eigenvalue weighted by molar-refractivity contribution is 0.233. The Bertz CT molecular complexity index is 1550.